The lowest BCUT2D eigenvalue weighted by atomic mass is 10.2. The monoisotopic (exact) mass is 309 g/mol. The Morgan fingerprint density at radius 1 is 1.00 bits per heavy atom. The lowest BCUT2D eigenvalue weighted by Gasteiger charge is -2.11. The molecule has 0 radical (unpaired) electrons. The largest absolute Gasteiger partial charge is 0.352 e. The van der Waals surface area contributed by atoms with Crippen LogP contribution in [-0.2, 0) is 7.05 Å². The van der Waals surface area contributed by atoms with Crippen molar-refractivity contribution in [1.29, 1.82) is 0 Å². The molecule has 118 valence electrons. The van der Waals surface area contributed by atoms with E-state index in [0.29, 0.717) is 17.7 Å². The van der Waals surface area contributed by atoms with Gasteiger partial charge in [-0.05, 0) is 13.8 Å². The van der Waals surface area contributed by atoms with Gasteiger partial charge in [-0.3, -0.25) is 4.68 Å². The highest BCUT2D eigenvalue weighted by atomic mass is 15.3. The van der Waals surface area contributed by atoms with E-state index in [0.717, 1.165) is 11.3 Å². The Balaban J connectivity index is 1.97. The summed E-state index contributed by atoms with van der Waals surface area (Å²) < 4.78 is 1.72. The summed E-state index contributed by atoms with van der Waals surface area (Å²) in [6.07, 6.45) is 3.59. The number of aryl methyl sites for hydroxylation is 1. The van der Waals surface area contributed by atoms with Crippen molar-refractivity contribution in [1.82, 2.24) is 24.7 Å². The van der Waals surface area contributed by atoms with Crippen LogP contribution in [0.25, 0.3) is 11.4 Å². The van der Waals surface area contributed by atoms with Gasteiger partial charge < -0.3 is 10.6 Å². The molecule has 0 amide bonds. The molecule has 7 nitrogen and oxygen atoms in total. The van der Waals surface area contributed by atoms with Crippen molar-refractivity contribution in [3.8, 4) is 11.4 Å². The molecule has 0 bridgehead atoms. The van der Waals surface area contributed by atoms with Gasteiger partial charge >= 0.3 is 0 Å². The molecule has 0 aliphatic heterocycles. The molecule has 0 saturated heterocycles. The van der Waals surface area contributed by atoms with Gasteiger partial charge in [-0.25, -0.2) is 0 Å². The van der Waals surface area contributed by atoms with E-state index in [1.807, 2.05) is 57.4 Å². The molecule has 2 heterocycles. The van der Waals surface area contributed by atoms with Crippen LogP contribution in [0.3, 0.4) is 0 Å². The summed E-state index contributed by atoms with van der Waals surface area (Å²) >= 11 is 0. The first-order valence-corrected chi connectivity index (χ1v) is 7.44. The molecule has 0 spiro atoms. The summed E-state index contributed by atoms with van der Waals surface area (Å²) in [5.41, 5.74) is 1.77. The lowest BCUT2D eigenvalue weighted by molar-refractivity contribution is 0.768. The van der Waals surface area contributed by atoms with Crippen molar-refractivity contribution in [2.45, 2.75) is 19.9 Å². The van der Waals surface area contributed by atoms with Crippen LogP contribution < -0.4 is 10.6 Å². The molecule has 7 heteroatoms. The second-order valence-corrected chi connectivity index (χ2v) is 5.50. The third kappa shape index (κ3) is 3.82. The zero-order chi connectivity index (χ0) is 16.2. The predicted octanol–water partition coefficient (Wildman–Crippen LogP) is 2.84. The minimum absolute atomic E-state index is 0.229. The Kier molecular flexibility index (Phi) is 4.18. The molecule has 23 heavy (non-hydrogen) atoms. The molecule has 0 aliphatic carbocycles. The van der Waals surface area contributed by atoms with Crippen LogP contribution in [0, 0.1) is 0 Å². The topological polar surface area (TPSA) is 80.5 Å². The fraction of sp³-hybridized carbons (Fsp3) is 0.250. The Morgan fingerprint density at radius 3 is 2.39 bits per heavy atom. The van der Waals surface area contributed by atoms with Crippen LogP contribution in [0.4, 0.5) is 17.6 Å². The van der Waals surface area contributed by atoms with Crippen LogP contribution in [-0.4, -0.2) is 30.8 Å². The Hall–Kier alpha value is -2.96. The minimum atomic E-state index is 0.229. The molecule has 0 unspecified atom stereocenters. The molecule has 1 aromatic carbocycles. The number of aromatic nitrogens is 5. The fourth-order valence-corrected chi connectivity index (χ4v) is 2.09. The molecule has 0 saturated carbocycles. The molecule has 0 fully saturated rings. The minimum Gasteiger partial charge on any atom is -0.352 e. The number of benzene rings is 1. The second kappa shape index (κ2) is 6.43. The van der Waals surface area contributed by atoms with Crippen LogP contribution in [0.2, 0.25) is 0 Å². The highest BCUT2D eigenvalue weighted by molar-refractivity contribution is 5.60. The Bertz CT molecular complexity index is 780. The van der Waals surface area contributed by atoms with Crippen molar-refractivity contribution in [3.63, 3.8) is 0 Å². The fourth-order valence-electron chi connectivity index (χ4n) is 2.09. The average Bonchev–Trinajstić information content (AvgIpc) is 2.92. The quantitative estimate of drug-likeness (QED) is 0.754. The molecule has 3 rings (SSSR count). The first-order valence-electron chi connectivity index (χ1n) is 7.44. The number of nitrogens with one attached hydrogen (secondary N) is 2. The van der Waals surface area contributed by atoms with Gasteiger partial charge in [0.15, 0.2) is 5.82 Å². The lowest BCUT2D eigenvalue weighted by Crippen LogP contribution is -2.14. The molecular formula is C16H19N7. The SMILES string of the molecule is CC(C)Nc1nc(Nc2cnn(C)c2)nc(-c2ccccc2)n1. The zero-order valence-electron chi connectivity index (χ0n) is 13.4. The van der Waals surface area contributed by atoms with E-state index in [1.54, 1.807) is 10.9 Å². The number of nitrogens with zero attached hydrogens (tertiary/aromatic N) is 5. The Labute approximate surface area is 134 Å². The third-order valence-corrected chi connectivity index (χ3v) is 3.05. The summed E-state index contributed by atoms with van der Waals surface area (Å²) in [4.78, 5) is 13.4. The molecule has 3 aromatic rings. The van der Waals surface area contributed by atoms with Crippen LogP contribution in [0.5, 0.6) is 0 Å². The smallest absolute Gasteiger partial charge is 0.232 e. The van der Waals surface area contributed by atoms with E-state index in [1.165, 1.54) is 0 Å². The molecular weight excluding hydrogens is 290 g/mol. The zero-order valence-corrected chi connectivity index (χ0v) is 13.4. The van der Waals surface area contributed by atoms with Gasteiger partial charge in [-0.1, -0.05) is 30.3 Å². The molecule has 0 aliphatic rings. The maximum atomic E-state index is 4.51. The summed E-state index contributed by atoms with van der Waals surface area (Å²) in [5, 5.41) is 10.5. The highest BCUT2D eigenvalue weighted by Crippen LogP contribution is 2.20. The first kappa shape index (κ1) is 15.0. The normalized spacial score (nSPS) is 10.8. The van der Waals surface area contributed by atoms with Crippen LogP contribution >= 0.6 is 0 Å². The predicted molar refractivity (Wildman–Crippen MR) is 90.5 cm³/mol. The van der Waals surface area contributed by atoms with E-state index < -0.39 is 0 Å². The average molecular weight is 309 g/mol. The highest BCUT2D eigenvalue weighted by Gasteiger charge is 2.10. The van der Waals surface area contributed by atoms with Crippen LogP contribution in [0.1, 0.15) is 13.8 Å². The summed E-state index contributed by atoms with van der Waals surface area (Å²) in [6.45, 7) is 4.08. The van der Waals surface area contributed by atoms with Gasteiger partial charge in [0.1, 0.15) is 0 Å². The van der Waals surface area contributed by atoms with E-state index in [2.05, 4.69) is 30.7 Å². The number of hydrogen-bond acceptors (Lipinski definition) is 6. The van der Waals surface area contributed by atoms with E-state index >= 15 is 0 Å². The molecule has 0 atom stereocenters. The van der Waals surface area contributed by atoms with Gasteiger partial charge in [0.25, 0.3) is 0 Å². The van der Waals surface area contributed by atoms with E-state index in [9.17, 15) is 0 Å². The van der Waals surface area contributed by atoms with Crippen molar-refractivity contribution >= 4 is 17.6 Å². The number of anilines is 3. The van der Waals surface area contributed by atoms with Crippen molar-refractivity contribution in [2.24, 2.45) is 7.05 Å². The van der Waals surface area contributed by atoms with Gasteiger partial charge in [0.2, 0.25) is 11.9 Å². The van der Waals surface area contributed by atoms with Crippen molar-refractivity contribution < 1.29 is 0 Å². The Morgan fingerprint density at radius 2 is 1.74 bits per heavy atom. The maximum Gasteiger partial charge on any atom is 0.232 e. The number of hydrogen-bond donors (Lipinski definition) is 2. The maximum absolute atomic E-state index is 4.51. The molecule has 2 N–H and O–H groups in total. The number of rotatable bonds is 5. The molecule has 2 aromatic heterocycles. The summed E-state index contributed by atoms with van der Waals surface area (Å²) in [5.74, 6) is 1.64. The van der Waals surface area contributed by atoms with E-state index in [4.69, 9.17) is 0 Å². The van der Waals surface area contributed by atoms with Crippen molar-refractivity contribution in [2.75, 3.05) is 10.6 Å². The first-order chi connectivity index (χ1) is 11.1. The van der Waals surface area contributed by atoms with Gasteiger partial charge in [-0.15, -0.1) is 0 Å². The van der Waals surface area contributed by atoms with Crippen LogP contribution in [0.15, 0.2) is 42.7 Å². The third-order valence-electron chi connectivity index (χ3n) is 3.05. The summed E-state index contributed by atoms with van der Waals surface area (Å²) in [7, 11) is 1.86. The second-order valence-electron chi connectivity index (χ2n) is 5.50. The van der Waals surface area contributed by atoms with Crippen molar-refractivity contribution in [3.05, 3.63) is 42.7 Å². The standard InChI is InChI=1S/C16H19N7/c1-11(2)18-15-20-14(12-7-5-4-6-8-12)21-16(22-15)19-13-9-17-23(3)10-13/h4-11H,1-3H3,(H2,18,19,20,21,22). The van der Waals surface area contributed by atoms with Gasteiger partial charge in [0.05, 0.1) is 11.9 Å². The van der Waals surface area contributed by atoms with Gasteiger partial charge in [-0.2, -0.15) is 20.1 Å². The van der Waals surface area contributed by atoms with E-state index in [-0.39, 0.29) is 6.04 Å². The van der Waals surface area contributed by atoms with Gasteiger partial charge in [0, 0.05) is 24.8 Å². The summed E-state index contributed by atoms with van der Waals surface area (Å²) in [6, 6.07) is 10.1.